The number of hydrogen-bond donors (Lipinski definition) is 0. The number of Topliss-reactive ketones (excluding diaryl/α,β-unsaturated/α-hetero) is 1. The molecule has 0 aromatic carbocycles. The summed E-state index contributed by atoms with van der Waals surface area (Å²) in [5.41, 5.74) is 0.351. The standard InChI is InChI=1S/C12H17NO2/c1-12(2)5-6-13(9-12)8-10(14)11-4-3-7-15-11/h3-4,7H,5-6,8-9H2,1-2H3. The molecular weight excluding hydrogens is 190 g/mol. The topological polar surface area (TPSA) is 33.5 Å². The van der Waals surface area contributed by atoms with Crippen molar-refractivity contribution in [2.45, 2.75) is 20.3 Å². The number of ketones is 1. The Hall–Kier alpha value is -1.09. The van der Waals surface area contributed by atoms with E-state index in [1.165, 1.54) is 6.42 Å². The maximum absolute atomic E-state index is 11.7. The quantitative estimate of drug-likeness (QED) is 0.712. The van der Waals surface area contributed by atoms with Gasteiger partial charge in [-0.25, -0.2) is 0 Å². The fourth-order valence-corrected chi connectivity index (χ4v) is 2.08. The molecule has 0 atom stereocenters. The van der Waals surface area contributed by atoms with E-state index in [-0.39, 0.29) is 5.78 Å². The van der Waals surface area contributed by atoms with Crippen molar-refractivity contribution in [2.75, 3.05) is 19.6 Å². The van der Waals surface area contributed by atoms with Gasteiger partial charge in [0.15, 0.2) is 5.76 Å². The van der Waals surface area contributed by atoms with E-state index in [0.29, 0.717) is 17.7 Å². The molecule has 0 bridgehead atoms. The number of hydrogen-bond acceptors (Lipinski definition) is 3. The SMILES string of the molecule is CC1(C)CCN(CC(=O)c2ccco2)C1. The van der Waals surface area contributed by atoms with Crippen molar-refractivity contribution in [1.82, 2.24) is 4.90 Å². The second-order valence-corrected chi connectivity index (χ2v) is 5.03. The molecule has 2 heterocycles. The first-order chi connectivity index (χ1) is 7.07. The molecule has 0 saturated carbocycles. The molecule has 1 aliphatic heterocycles. The predicted molar refractivity (Wildman–Crippen MR) is 57.9 cm³/mol. The van der Waals surface area contributed by atoms with Crippen molar-refractivity contribution in [3.8, 4) is 0 Å². The molecule has 0 spiro atoms. The minimum Gasteiger partial charge on any atom is -0.461 e. The zero-order valence-electron chi connectivity index (χ0n) is 9.32. The summed E-state index contributed by atoms with van der Waals surface area (Å²) in [5.74, 6) is 0.553. The fourth-order valence-electron chi connectivity index (χ4n) is 2.08. The summed E-state index contributed by atoms with van der Waals surface area (Å²) in [4.78, 5) is 13.9. The molecule has 1 saturated heterocycles. The van der Waals surface area contributed by atoms with Crippen molar-refractivity contribution in [3.63, 3.8) is 0 Å². The van der Waals surface area contributed by atoms with Gasteiger partial charge in [-0.2, -0.15) is 0 Å². The van der Waals surface area contributed by atoms with Crippen molar-refractivity contribution >= 4 is 5.78 Å². The van der Waals surface area contributed by atoms with Crippen LogP contribution in [0.5, 0.6) is 0 Å². The van der Waals surface area contributed by atoms with E-state index in [4.69, 9.17) is 4.42 Å². The highest BCUT2D eigenvalue weighted by molar-refractivity contribution is 5.95. The summed E-state index contributed by atoms with van der Waals surface area (Å²) in [7, 11) is 0. The zero-order valence-corrected chi connectivity index (χ0v) is 9.32. The molecule has 3 nitrogen and oxygen atoms in total. The van der Waals surface area contributed by atoms with Gasteiger partial charge in [0.25, 0.3) is 0 Å². The van der Waals surface area contributed by atoms with Gasteiger partial charge in [-0.15, -0.1) is 0 Å². The molecule has 0 radical (unpaired) electrons. The minimum absolute atomic E-state index is 0.0812. The Bertz CT molecular complexity index is 341. The molecule has 2 rings (SSSR count). The predicted octanol–water partition coefficient (Wildman–Crippen LogP) is 2.19. The van der Waals surface area contributed by atoms with Crippen LogP contribution in [0.2, 0.25) is 0 Å². The maximum atomic E-state index is 11.7. The number of furan rings is 1. The first-order valence-corrected chi connectivity index (χ1v) is 5.36. The number of rotatable bonds is 3. The van der Waals surface area contributed by atoms with Crippen LogP contribution >= 0.6 is 0 Å². The summed E-state index contributed by atoms with van der Waals surface area (Å²) in [6, 6.07) is 3.48. The average molecular weight is 207 g/mol. The van der Waals surface area contributed by atoms with Crippen molar-refractivity contribution in [3.05, 3.63) is 24.2 Å². The van der Waals surface area contributed by atoms with Crippen LogP contribution in [-0.4, -0.2) is 30.3 Å². The van der Waals surface area contributed by atoms with E-state index in [0.717, 1.165) is 13.1 Å². The second kappa shape index (κ2) is 3.81. The van der Waals surface area contributed by atoms with Crippen LogP contribution in [0.1, 0.15) is 30.8 Å². The van der Waals surface area contributed by atoms with Gasteiger partial charge in [-0.3, -0.25) is 9.69 Å². The molecule has 0 N–H and O–H groups in total. The van der Waals surface area contributed by atoms with E-state index in [1.54, 1.807) is 18.4 Å². The third-order valence-corrected chi connectivity index (χ3v) is 2.92. The summed E-state index contributed by atoms with van der Waals surface area (Å²) in [6.45, 7) is 6.98. The molecule has 0 aliphatic carbocycles. The fraction of sp³-hybridized carbons (Fsp3) is 0.583. The van der Waals surface area contributed by atoms with Crippen molar-refractivity contribution in [2.24, 2.45) is 5.41 Å². The van der Waals surface area contributed by atoms with Crippen molar-refractivity contribution in [1.29, 1.82) is 0 Å². The molecule has 82 valence electrons. The van der Waals surface area contributed by atoms with E-state index >= 15 is 0 Å². The monoisotopic (exact) mass is 207 g/mol. The third-order valence-electron chi connectivity index (χ3n) is 2.92. The van der Waals surface area contributed by atoms with Crippen LogP contribution in [0.25, 0.3) is 0 Å². The van der Waals surface area contributed by atoms with Gasteiger partial charge in [0.05, 0.1) is 12.8 Å². The second-order valence-electron chi connectivity index (χ2n) is 5.03. The molecule has 1 aromatic heterocycles. The molecular formula is C12H17NO2. The van der Waals surface area contributed by atoms with Crippen LogP contribution in [0.15, 0.2) is 22.8 Å². The number of carbonyl (C=O) groups is 1. The van der Waals surface area contributed by atoms with Gasteiger partial charge in [0.2, 0.25) is 5.78 Å². The van der Waals surface area contributed by atoms with Crippen LogP contribution in [0.4, 0.5) is 0 Å². The Morgan fingerprint density at radius 2 is 2.40 bits per heavy atom. The van der Waals surface area contributed by atoms with Gasteiger partial charge >= 0.3 is 0 Å². The van der Waals surface area contributed by atoms with Crippen LogP contribution < -0.4 is 0 Å². The highest BCUT2D eigenvalue weighted by Crippen LogP contribution is 2.28. The Kier molecular flexibility index (Phi) is 2.65. The van der Waals surface area contributed by atoms with E-state index in [9.17, 15) is 4.79 Å². The van der Waals surface area contributed by atoms with E-state index < -0.39 is 0 Å². The first-order valence-electron chi connectivity index (χ1n) is 5.36. The summed E-state index contributed by atoms with van der Waals surface area (Å²) >= 11 is 0. The van der Waals surface area contributed by atoms with Gasteiger partial charge in [-0.1, -0.05) is 13.8 Å². The van der Waals surface area contributed by atoms with E-state index in [2.05, 4.69) is 18.7 Å². The van der Waals surface area contributed by atoms with Crippen LogP contribution in [0.3, 0.4) is 0 Å². The Morgan fingerprint density at radius 3 is 2.93 bits per heavy atom. The lowest BCUT2D eigenvalue weighted by molar-refractivity contribution is 0.0913. The van der Waals surface area contributed by atoms with Gasteiger partial charge in [-0.05, 0) is 30.5 Å². The molecule has 0 unspecified atom stereocenters. The van der Waals surface area contributed by atoms with Gasteiger partial charge in [0.1, 0.15) is 0 Å². The van der Waals surface area contributed by atoms with Gasteiger partial charge < -0.3 is 4.42 Å². The third kappa shape index (κ3) is 2.48. The van der Waals surface area contributed by atoms with Crippen LogP contribution in [0, 0.1) is 5.41 Å². The molecule has 3 heteroatoms. The Labute approximate surface area is 90.1 Å². The molecule has 1 fully saturated rings. The summed E-state index contributed by atoms with van der Waals surface area (Å²) in [6.07, 6.45) is 2.71. The minimum atomic E-state index is 0.0812. The Morgan fingerprint density at radius 1 is 1.60 bits per heavy atom. The molecule has 0 amide bonds. The highest BCUT2D eigenvalue weighted by Gasteiger charge is 2.30. The lowest BCUT2D eigenvalue weighted by Crippen LogP contribution is -2.29. The number of nitrogens with zero attached hydrogens (tertiary/aromatic N) is 1. The lowest BCUT2D eigenvalue weighted by atomic mass is 9.93. The zero-order chi connectivity index (χ0) is 10.9. The van der Waals surface area contributed by atoms with E-state index in [1.807, 2.05) is 0 Å². The largest absolute Gasteiger partial charge is 0.461 e. The maximum Gasteiger partial charge on any atom is 0.211 e. The molecule has 1 aliphatic rings. The van der Waals surface area contributed by atoms with Crippen molar-refractivity contribution < 1.29 is 9.21 Å². The first kappa shape index (κ1) is 10.4. The molecule has 1 aromatic rings. The summed E-state index contributed by atoms with van der Waals surface area (Å²) in [5, 5.41) is 0. The van der Waals surface area contributed by atoms with Crippen LogP contribution in [-0.2, 0) is 0 Å². The smallest absolute Gasteiger partial charge is 0.211 e. The molecule has 15 heavy (non-hydrogen) atoms. The number of likely N-dealkylation sites (tertiary alicyclic amines) is 1. The van der Waals surface area contributed by atoms with Gasteiger partial charge in [0, 0.05) is 6.54 Å². The number of carbonyl (C=O) groups excluding carboxylic acids is 1. The normalized spacial score (nSPS) is 20.7. The highest BCUT2D eigenvalue weighted by atomic mass is 16.3. The average Bonchev–Trinajstić information content (AvgIpc) is 2.74. The summed E-state index contributed by atoms with van der Waals surface area (Å²) < 4.78 is 5.08. The Balaban J connectivity index is 1.91. The lowest BCUT2D eigenvalue weighted by Gasteiger charge is -2.18.